The maximum atomic E-state index is 5.58. The molecule has 0 spiro atoms. The molecule has 0 unspecified atom stereocenters. The van der Waals surface area contributed by atoms with E-state index < -0.39 is 0 Å². The average Bonchev–Trinajstić information content (AvgIpc) is 2.31. The standard InChI is InChI=1S/C8H9ClN2/c1-6-3-4-10-8(6)11-5-7(2)9/h3-5H,1H2,2H3,(H,10,11)/b7-5+. The van der Waals surface area contributed by atoms with E-state index in [0.717, 1.165) is 11.4 Å². The van der Waals surface area contributed by atoms with Crippen molar-refractivity contribution in [2.45, 2.75) is 6.92 Å². The molecular weight excluding hydrogens is 160 g/mol. The predicted octanol–water partition coefficient (Wildman–Crippen LogP) is 2.16. The smallest absolute Gasteiger partial charge is 0.136 e. The summed E-state index contributed by atoms with van der Waals surface area (Å²) in [6, 6.07) is 0. The SMILES string of the molecule is C=C1C=CNC1=N/C=C(\C)Cl. The minimum Gasteiger partial charge on any atom is -0.346 e. The lowest BCUT2D eigenvalue weighted by Gasteiger charge is -1.94. The molecule has 2 nitrogen and oxygen atoms in total. The Kier molecular flexibility index (Phi) is 2.49. The van der Waals surface area contributed by atoms with Crippen LogP contribution in [0.4, 0.5) is 0 Å². The molecule has 1 N–H and O–H groups in total. The second kappa shape index (κ2) is 3.39. The number of rotatable bonds is 1. The summed E-state index contributed by atoms with van der Waals surface area (Å²) in [5, 5.41) is 3.58. The Morgan fingerprint density at radius 1 is 1.82 bits per heavy atom. The fourth-order valence-electron chi connectivity index (χ4n) is 0.667. The van der Waals surface area contributed by atoms with Crippen molar-refractivity contribution in [3.05, 3.63) is 35.7 Å². The van der Waals surface area contributed by atoms with Gasteiger partial charge in [-0.1, -0.05) is 18.2 Å². The number of amidine groups is 1. The van der Waals surface area contributed by atoms with E-state index in [1.54, 1.807) is 19.3 Å². The van der Waals surface area contributed by atoms with Crippen LogP contribution in [-0.2, 0) is 0 Å². The van der Waals surface area contributed by atoms with Crippen molar-refractivity contribution in [3.8, 4) is 0 Å². The summed E-state index contributed by atoms with van der Waals surface area (Å²) in [6.07, 6.45) is 5.23. The molecule has 0 bridgehead atoms. The van der Waals surface area contributed by atoms with Crippen molar-refractivity contribution >= 4 is 17.4 Å². The summed E-state index contributed by atoms with van der Waals surface area (Å²) >= 11 is 5.58. The molecule has 11 heavy (non-hydrogen) atoms. The summed E-state index contributed by atoms with van der Waals surface area (Å²) in [5.41, 5.74) is 0.874. The molecule has 1 aliphatic heterocycles. The van der Waals surface area contributed by atoms with Crippen LogP contribution in [0.15, 0.2) is 40.7 Å². The molecule has 58 valence electrons. The van der Waals surface area contributed by atoms with Crippen LogP contribution >= 0.6 is 11.6 Å². The second-order valence-electron chi connectivity index (χ2n) is 2.20. The van der Waals surface area contributed by atoms with E-state index in [1.165, 1.54) is 0 Å². The molecule has 1 heterocycles. The Morgan fingerprint density at radius 3 is 3.00 bits per heavy atom. The second-order valence-corrected chi connectivity index (χ2v) is 2.79. The molecule has 0 amide bonds. The van der Waals surface area contributed by atoms with Crippen molar-refractivity contribution in [2.24, 2.45) is 4.99 Å². The number of hydrogen-bond acceptors (Lipinski definition) is 1. The monoisotopic (exact) mass is 168 g/mol. The Balaban J connectivity index is 2.70. The molecule has 0 fully saturated rings. The number of halogens is 1. The molecule has 1 aliphatic rings. The Morgan fingerprint density at radius 2 is 2.55 bits per heavy atom. The van der Waals surface area contributed by atoms with Gasteiger partial charge in [-0.2, -0.15) is 0 Å². The lowest BCUT2D eigenvalue weighted by molar-refractivity contribution is 1.29. The highest BCUT2D eigenvalue weighted by molar-refractivity contribution is 6.29. The van der Waals surface area contributed by atoms with Gasteiger partial charge in [0.15, 0.2) is 0 Å². The van der Waals surface area contributed by atoms with Gasteiger partial charge < -0.3 is 5.32 Å². The van der Waals surface area contributed by atoms with E-state index in [0.29, 0.717) is 5.03 Å². The first-order valence-electron chi connectivity index (χ1n) is 3.22. The molecule has 1 rings (SSSR count). The van der Waals surface area contributed by atoms with Crippen molar-refractivity contribution in [1.29, 1.82) is 0 Å². The third-order valence-corrected chi connectivity index (χ3v) is 1.28. The van der Waals surface area contributed by atoms with Crippen LogP contribution in [-0.4, -0.2) is 5.84 Å². The molecule has 3 heteroatoms. The summed E-state index contributed by atoms with van der Waals surface area (Å²) in [7, 11) is 0. The molecule has 0 aliphatic carbocycles. The van der Waals surface area contributed by atoms with E-state index in [1.807, 2.05) is 6.08 Å². The Hall–Kier alpha value is -1.02. The highest BCUT2D eigenvalue weighted by Gasteiger charge is 2.03. The Labute approximate surface area is 71.0 Å². The number of aliphatic imine (C=N–C) groups is 1. The lowest BCUT2D eigenvalue weighted by Crippen LogP contribution is -2.11. The molecule has 0 aromatic heterocycles. The van der Waals surface area contributed by atoms with E-state index in [-0.39, 0.29) is 0 Å². The Bertz CT molecular complexity index is 257. The molecule has 0 aromatic carbocycles. The van der Waals surface area contributed by atoms with Crippen LogP contribution in [0.5, 0.6) is 0 Å². The summed E-state index contributed by atoms with van der Waals surface area (Å²) in [5.74, 6) is 0.755. The van der Waals surface area contributed by atoms with Crippen LogP contribution in [0.25, 0.3) is 0 Å². The van der Waals surface area contributed by atoms with Crippen LogP contribution in [0.1, 0.15) is 6.92 Å². The van der Waals surface area contributed by atoms with Crippen molar-refractivity contribution in [2.75, 3.05) is 0 Å². The zero-order valence-corrected chi connectivity index (χ0v) is 7.02. The van der Waals surface area contributed by atoms with Gasteiger partial charge in [0.2, 0.25) is 0 Å². The summed E-state index contributed by atoms with van der Waals surface area (Å²) in [6.45, 7) is 5.54. The zero-order valence-electron chi connectivity index (χ0n) is 6.26. The van der Waals surface area contributed by atoms with Gasteiger partial charge in [0.1, 0.15) is 5.84 Å². The first kappa shape index (κ1) is 8.08. The molecule has 0 saturated carbocycles. The maximum absolute atomic E-state index is 5.58. The number of nitrogens with zero attached hydrogens (tertiary/aromatic N) is 1. The average molecular weight is 169 g/mol. The van der Waals surface area contributed by atoms with Crippen LogP contribution in [0.3, 0.4) is 0 Å². The fourth-order valence-corrected chi connectivity index (χ4v) is 0.715. The van der Waals surface area contributed by atoms with Gasteiger partial charge in [-0.05, 0) is 13.0 Å². The van der Waals surface area contributed by atoms with E-state index >= 15 is 0 Å². The zero-order chi connectivity index (χ0) is 8.27. The maximum Gasteiger partial charge on any atom is 0.136 e. The number of allylic oxidation sites excluding steroid dienone is 1. The van der Waals surface area contributed by atoms with Crippen LogP contribution in [0.2, 0.25) is 0 Å². The quantitative estimate of drug-likeness (QED) is 0.638. The van der Waals surface area contributed by atoms with Gasteiger partial charge in [0.25, 0.3) is 0 Å². The van der Waals surface area contributed by atoms with E-state index in [2.05, 4.69) is 16.9 Å². The van der Waals surface area contributed by atoms with Gasteiger partial charge >= 0.3 is 0 Å². The van der Waals surface area contributed by atoms with Crippen LogP contribution in [0, 0.1) is 0 Å². The van der Waals surface area contributed by atoms with E-state index in [9.17, 15) is 0 Å². The summed E-state index contributed by atoms with van der Waals surface area (Å²) < 4.78 is 0. The van der Waals surface area contributed by atoms with Crippen molar-refractivity contribution in [1.82, 2.24) is 5.32 Å². The molecular formula is C8H9ClN2. The van der Waals surface area contributed by atoms with Gasteiger partial charge in [-0.25, -0.2) is 4.99 Å². The van der Waals surface area contributed by atoms with Gasteiger partial charge in [-0.15, -0.1) is 0 Å². The predicted molar refractivity (Wildman–Crippen MR) is 48.5 cm³/mol. The minimum absolute atomic E-state index is 0.652. The minimum atomic E-state index is 0.652. The third kappa shape index (κ3) is 2.24. The molecule has 0 saturated heterocycles. The topological polar surface area (TPSA) is 24.4 Å². The number of nitrogens with one attached hydrogen (secondary N) is 1. The van der Waals surface area contributed by atoms with Crippen molar-refractivity contribution < 1.29 is 0 Å². The normalized spacial score (nSPS) is 21.1. The van der Waals surface area contributed by atoms with Gasteiger partial charge in [0, 0.05) is 23.0 Å². The first-order chi connectivity index (χ1) is 5.20. The van der Waals surface area contributed by atoms with Crippen LogP contribution < -0.4 is 5.32 Å². The fraction of sp³-hybridized carbons (Fsp3) is 0.125. The first-order valence-corrected chi connectivity index (χ1v) is 3.60. The summed E-state index contributed by atoms with van der Waals surface area (Å²) in [4.78, 5) is 4.05. The lowest BCUT2D eigenvalue weighted by atomic mass is 10.3. The van der Waals surface area contributed by atoms with E-state index in [4.69, 9.17) is 11.6 Å². The largest absolute Gasteiger partial charge is 0.346 e. The van der Waals surface area contributed by atoms with Crippen molar-refractivity contribution in [3.63, 3.8) is 0 Å². The molecule has 0 radical (unpaired) electrons. The highest BCUT2D eigenvalue weighted by Crippen LogP contribution is 2.04. The third-order valence-electron chi connectivity index (χ3n) is 1.18. The van der Waals surface area contributed by atoms with Gasteiger partial charge in [-0.3, -0.25) is 0 Å². The van der Waals surface area contributed by atoms with Gasteiger partial charge in [0.05, 0.1) is 0 Å². The molecule has 0 aromatic rings. The number of hydrogen-bond donors (Lipinski definition) is 1. The molecule has 0 atom stereocenters. The highest BCUT2D eigenvalue weighted by atomic mass is 35.5.